The van der Waals surface area contributed by atoms with E-state index in [1.54, 1.807) is 24.5 Å². The molecule has 0 aliphatic rings. The van der Waals surface area contributed by atoms with Gasteiger partial charge in [-0.05, 0) is 31.2 Å². The summed E-state index contributed by atoms with van der Waals surface area (Å²) in [4.78, 5) is 16.9. The molecule has 3 N–H and O–H groups in total. The van der Waals surface area contributed by atoms with Crippen molar-refractivity contribution in [2.24, 2.45) is 0 Å². The number of pyridine rings is 1. The lowest BCUT2D eigenvalue weighted by atomic mass is 10.3. The fourth-order valence-corrected chi connectivity index (χ4v) is 2.42. The summed E-state index contributed by atoms with van der Waals surface area (Å²) in [6, 6.07) is 11.0. The molecule has 0 radical (unpaired) electrons. The van der Waals surface area contributed by atoms with Crippen LogP contribution in [-0.4, -0.2) is 16.1 Å². The molecule has 1 amide bonds. The minimum Gasteiger partial charge on any atom is -0.398 e. The lowest BCUT2D eigenvalue weighted by molar-refractivity contribution is -0.115. The maximum Gasteiger partial charge on any atom is 0.237 e. The number of nitrogens with two attached hydrogens (primary N) is 1. The number of carbonyl (C=O) groups excluding carboxylic acids is 1. The number of carbonyl (C=O) groups is 1. The largest absolute Gasteiger partial charge is 0.398 e. The van der Waals surface area contributed by atoms with Crippen molar-refractivity contribution in [3.05, 3.63) is 48.8 Å². The summed E-state index contributed by atoms with van der Waals surface area (Å²) in [5, 5.41) is 2.62. The molecule has 0 bridgehead atoms. The number of nitrogens with one attached hydrogen (secondary N) is 1. The minimum atomic E-state index is -0.224. The van der Waals surface area contributed by atoms with Crippen LogP contribution in [0.4, 0.5) is 11.4 Å². The van der Waals surface area contributed by atoms with Crippen molar-refractivity contribution in [2.75, 3.05) is 11.1 Å². The van der Waals surface area contributed by atoms with Gasteiger partial charge in [-0.1, -0.05) is 12.1 Å². The van der Waals surface area contributed by atoms with Gasteiger partial charge in [-0.25, -0.2) is 0 Å². The first-order valence-electron chi connectivity index (χ1n) is 5.89. The molecule has 0 aliphatic heterocycles. The van der Waals surface area contributed by atoms with Crippen molar-refractivity contribution in [3.8, 4) is 0 Å². The number of anilines is 2. The number of hydrogen-bond donors (Lipinski definition) is 2. The Bertz CT molecular complexity index is 560. The quantitative estimate of drug-likeness (QED) is 0.664. The Morgan fingerprint density at radius 3 is 2.63 bits per heavy atom. The lowest BCUT2D eigenvalue weighted by Gasteiger charge is -2.13. The summed E-state index contributed by atoms with van der Waals surface area (Å²) >= 11 is 1.44. The third-order valence-electron chi connectivity index (χ3n) is 2.54. The predicted octanol–water partition coefficient (Wildman–Crippen LogP) is 2.78. The topological polar surface area (TPSA) is 68.0 Å². The van der Waals surface area contributed by atoms with Crippen LogP contribution in [0.2, 0.25) is 0 Å². The van der Waals surface area contributed by atoms with Gasteiger partial charge in [-0.2, -0.15) is 0 Å². The van der Waals surface area contributed by atoms with E-state index in [9.17, 15) is 4.79 Å². The van der Waals surface area contributed by atoms with Gasteiger partial charge in [-0.15, -0.1) is 11.8 Å². The summed E-state index contributed by atoms with van der Waals surface area (Å²) in [5.41, 5.74) is 7.30. The molecular weight excluding hydrogens is 258 g/mol. The van der Waals surface area contributed by atoms with Crippen LogP contribution in [0, 0.1) is 0 Å². The van der Waals surface area contributed by atoms with E-state index in [4.69, 9.17) is 5.73 Å². The molecule has 0 saturated heterocycles. The van der Waals surface area contributed by atoms with Crippen molar-refractivity contribution < 1.29 is 4.79 Å². The van der Waals surface area contributed by atoms with Crippen LogP contribution in [0.5, 0.6) is 0 Å². The van der Waals surface area contributed by atoms with E-state index in [1.165, 1.54) is 11.8 Å². The van der Waals surface area contributed by atoms with Gasteiger partial charge in [0.05, 0.1) is 5.25 Å². The van der Waals surface area contributed by atoms with Gasteiger partial charge in [0.2, 0.25) is 5.91 Å². The van der Waals surface area contributed by atoms with E-state index in [2.05, 4.69) is 10.3 Å². The maximum atomic E-state index is 12.0. The summed E-state index contributed by atoms with van der Waals surface area (Å²) < 4.78 is 0. The van der Waals surface area contributed by atoms with Crippen LogP contribution in [0.3, 0.4) is 0 Å². The Balaban J connectivity index is 1.98. The Labute approximate surface area is 116 Å². The second-order valence-electron chi connectivity index (χ2n) is 4.02. The Morgan fingerprint density at radius 2 is 1.95 bits per heavy atom. The smallest absolute Gasteiger partial charge is 0.237 e. The average Bonchev–Trinajstić information content (AvgIpc) is 2.42. The van der Waals surface area contributed by atoms with E-state index < -0.39 is 0 Å². The molecule has 5 heteroatoms. The van der Waals surface area contributed by atoms with Crippen molar-refractivity contribution in [1.29, 1.82) is 0 Å². The van der Waals surface area contributed by atoms with Crippen LogP contribution in [0.15, 0.2) is 53.7 Å². The molecule has 1 heterocycles. The Morgan fingerprint density at radius 1 is 1.26 bits per heavy atom. The van der Waals surface area contributed by atoms with Crippen molar-refractivity contribution >= 4 is 29.0 Å². The number of nitrogens with zero attached hydrogens (tertiary/aromatic N) is 1. The molecule has 4 nitrogen and oxygen atoms in total. The van der Waals surface area contributed by atoms with Crippen LogP contribution >= 0.6 is 11.8 Å². The molecule has 0 aliphatic carbocycles. The lowest BCUT2D eigenvalue weighted by Crippen LogP contribution is -2.22. The number of rotatable bonds is 4. The summed E-state index contributed by atoms with van der Waals surface area (Å²) in [5.74, 6) is -0.0561. The number of hydrogen-bond acceptors (Lipinski definition) is 4. The van der Waals surface area contributed by atoms with Crippen LogP contribution in [0.25, 0.3) is 0 Å². The van der Waals surface area contributed by atoms with Crippen molar-refractivity contribution in [1.82, 2.24) is 4.98 Å². The molecule has 19 heavy (non-hydrogen) atoms. The molecule has 0 saturated carbocycles. The van der Waals surface area contributed by atoms with E-state index in [-0.39, 0.29) is 11.2 Å². The van der Waals surface area contributed by atoms with E-state index in [0.29, 0.717) is 5.69 Å². The first-order valence-corrected chi connectivity index (χ1v) is 6.77. The minimum absolute atomic E-state index is 0.0561. The third kappa shape index (κ3) is 3.72. The van der Waals surface area contributed by atoms with Gasteiger partial charge >= 0.3 is 0 Å². The summed E-state index contributed by atoms with van der Waals surface area (Å²) in [7, 11) is 0. The molecule has 0 fully saturated rings. The second-order valence-corrected chi connectivity index (χ2v) is 5.41. The summed E-state index contributed by atoms with van der Waals surface area (Å²) in [6.07, 6.45) is 3.28. The maximum absolute atomic E-state index is 12.0. The predicted molar refractivity (Wildman–Crippen MR) is 79.0 cm³/mol. The number of para-hydroxylation sites is 1. The van der Waals surface area contributed by atoms with Crippen LogP contribution in [0.1, 0.15) is 6.92 Å². The van der Waals surface area contributed by atoms with Gasteiger partial charge in [0.1, 0.15) is 0 Å². The number of nitrogen functional groups attached to an aromatic ring is 1. The van der Waals surface area contributed by atoms with Crippen molar-refractivity contribution in [3.63, 3.8) is 0 Å². The molecule has 1 unspecified atom stereocenters. The normalized spacial score (nSPS) is 11.8. The Kier molecular flexibility index (Phi) is 4.41. The molecule has 2 rings (SSSR count). The molecule has 98 valence electrons. The molecule has 0 spiro atoms. The fraction of sp³-hybridized carbons (Fsp3) is 0.143. The Hall–Kier alpha value is -2.01. The highest BCUT2D eigenvalue weighted by molar-refractivity contribution is 8.00. The highest BCUT2D eigenvalue weighted by atomic mass is 32.2. The van der Waals surface area contributed by atoms with Gasteiger partial charge < -0.3 is 11.1 Å². The fourth-order valence-electron chi connectivity index (χ4n) is 1.51. The number of thioether (sulfide) groups is 1. The van der Waals surface area contributed by atoms with Gasteiger partial charge in [-0.3, -0.25) is 9.78 Å². The van der Waals surface area contributed by atoms with Crippen LogP contribution < -0.4 is 11.1 Å². The average molecular weight is 273 g/mol. The highest BCUT2D eigenvalue weighted by Crippen LogP contribution is 2.28. The van der Waals surface area contributed by atoms with Crippen molar-refractivity contribution in [2.45, 2.75) is 17.1 Å². The van der Waals surface area contributed by atoms with E-state index in [0.717, 1.165) is 10.6 Å². The molecule has 1 atom stereocenters. The zero-order valence-corrected chi connectivity index (χ0v) is 11.4. The zero-order valence-electron chi connectivity index (χ0n) is 10.5. The summed E-state index contributed by atoms with van der Waals surface area (Å²) in [6.45, 7) is 1.85. The van der Waals surface area contributed by atoms with E-state index >= 15 is 0 Å². The first-order chi connectivity index (χ1) is 9.16. The number of aromatic nitrogens is 1. The second kappa shape index (κ2) is 6.24. The van der Waals surface area contributed by atoms with Gasteiger partial charge in [0, 0.05) is 28.7 Å². The monoisotopic (exact) mass is 273 g/mol. The van der Waals surface area contributed by atoms with E-state index in [1.807, 2.05) is 31.2 Å². The highest BCUT2D eigenvalue weighted by Gasteiger charge is 2.15. The zero-order chi connectivity index (χ0) is 13.7. The molecule has 1 aromatic heterocycles. The molecule has 1 aromatic carbocycles. The van der Waals surface area contributed by atoms with Gasteiger partial charge in [0.15, 0.2) is 0 Å². The number of amides is 1. The first kappa shape index (κ1) is 13.4. The third-order valence-corrected chi connectivity index (χ3v) is 3.73. The SMILES string of the molecule is CC(Sc1ccccc1N)C(=O)Nc1ccncc1. The molecular formula is C14H15N3OS. The van der Waals surface area contributed by atoms with Crippen LogP contribution in [-0.2, 0) is 4.79 Å². The molecule has 2 aromatic rings. The number of benzene rings is 1. The van der Waals surface area contributed by atoms with Gasteiger partial charge in [0.25, 0.3) is 0 Å². The standard InChI is InChI=1S/C14H15N3OS/c1-10(19-13-5-3-2-4-12(13)15)14(18)17-11-6-8-16-9-7-11/h2-10H,15H2,1H3,(H,16,17,18).